The highest BCUT2D eigenvalue weighted by molar-refractivity contribution is 7.10. The van der Waals surface area contributed by atoms with Crippen LogP contribution in [-0.4, -0.2) is 17.4 Å². The van der Waals surface area contributed by atoms with Crippen molar-refractivity contribution in [3.8, 4) is 0 Å². The van der Waals surface area contributed by atoms with Gasteiger partial charge in [0.25, 0.3) is 0 Å². The third-order valence-corrected chi connectivity index (χ3v) is 2.92. The molecule has 0 fully saturated rings. The van der Waals surface area contributed by atoms with Crippen molar-refractivity contribution in [3.05, 3.63) is 16.1 Å². The lowest BCUT2D eigenvalue weighted by Gasteiger charge is -2.13. The summed E-state index contributed by atoms with van der Waals surface area (Å²) >= 11 is 1.46. The molecule has 0 aliphatic rings. The number of nitrogens with zero attached hydrogens (tertiary/aromatic N) is 1. The van der Waals surface area contributed by atoms with E-state index >= 15 is 0 Å². The quantitative estimate of drug-likeness (QED) is 0.766. The number of primary amides is 1. The molecule has 0 saturated carbocycles. The number of rotatable bonds is 5. The number of carbonyl (C=O) groups excluding carboxylic acids is 1. The van der Waals surface area contributed by atoms with Gasteiger partial charge in [0.05, 0.1) is 16.1 Å². The fourth-order valence-electron chi connectivity index (χ4n) is 1.20. The van der Waals surface area contributed by atoms with Crippen molar-refractivity contribution in [2.75, 3.05) is 6.54 Å². The van der Waals surface area contributed by atoms with Crippen LogP contribution in [-0.2, 0) is 4.79 Å². The number of thiazole rings is 1. The second-order valence-electron chi connectivity index (χ2n) is 3.09. The fourth-order valence-corrected chi connectivity index (χ4v) is 2.08. The van der Waals surface area contributed by atoms with E-state index in [-0.39, 0.29) is 11.9 Å². The number of nitrogens with one attached hydrogen (secondary N) is 1. The number of amides is 1. The molecule has 1 heterocycles. The smallest absolute Gasteiger partial charge is 0.240 e. The molecule has 0 bridgehead atoms. The summed E-state index contributed by atoms with van der Waals surface area (Å²) in [5, 5.41) is 3.11. The van der Waals surface area contributed by atoms with Gasteiger partial charge in [0.15, 0.2) is 0 Å². The first kappa shape index (κ1) is 11.1. The van der Waals surface area contributed by atoms with Crippen LogP contribution >= 0.6 is 11.3 Å². The highest BCUT2D eigenvalue weighted by Crippen LogP contribution is 2.21. The van der Waals surface area contributed by atoms with E-state index in [2.05, 4.69) is 10.3 Å². The minimum absolute atomic E-state index is 0.342. The first-order valence-electron chi connectivity index (χ1n) is 4.59. The largest absolute Gasteiger partial charge is 0.368 e. The normalized spacial score (nSPS) is 12.7. The van der Waals surface area contributed by atoms with E-state index in [1.165, 1.54) is 11.3 Å². The summed E-state index contributed by atoms with van der Waals surface area (Å²) in [5.74, 6) is -0.342. The minimum atomic E-state index is -0.387. The average molecular weight is 213 g/mol. The molecule has 3 N–H and O–H groups in total. The van der Waals surface area contributed by atoms with Crippen molar-refractivity contribution in [2.45, 2.75) is 26.3 Å². The zero-order valence-corrected chi connectivity index (χ0v) is 9.23. The van der Waals surface area contributed by atoms with Gasteiger partial charge in [0.2, 0.25) is 5.91 Å². The number of hydrogen-bond acceptors (Lipinski definition) is 4. The molecule has 5 heteroatoms. The zero-order valence-electron chi connectivity index (χ0n) is 8.41. The molecule has 0 radical (unpaired) electrons. The van der Waals surface area contributed by atoms with Crippen LogP contribution in [0.15, 0.2) is 5.51 Å². The molecule has 1 aromatic heterocycles. The average Bonchev–Trinajstić information content (AvgIpc) is 2.52. The van der Waals surface area contributed by atoms with Gasteiger partial charge in [-0.15, -0.1) is 11.3 Å². The SMILES string of the molecule is CCCNC(C(N)=O)c1scnc1C. The Morgan fingerprint density at radius 1 is 1.79 bits per heavy atom. The van der Waals surface area contributed by atoms with E-state index in [0.717, 1.165) is 23.5 Å². The van der Waals surface area contributed by atoms with Crippen LogP contribution in [0.25, 0.3) is 0 Å². The summed E-state index contributed by atoms with van der Waals surface area (Å²) in [6.07, 6.45) is 0.974. The Hall–Kier alpha value is -0.940. The first-order chi connectivity index (χ1) is 6.66. The van der Waals surface area contributed by atoms with Gasteiger partial charge in [-0.05, 0) is 19.9 Å². The van der Waals surface area contributed by atoms with Crippen LogP contribution in [0, 0.1) is 6.92 Å². The molecule has 1 amide bonds. The molecule has 78 valence electrons. The predicted octanol–water partition coefficient (Wildman–Crippen LogP) is 0.978. The number of hydrogen-bond donors (Lipinski definition) is 2. The summed E-state index contributed by atoms with van der Waals surface area (Å²) in [7, 11) is 0. The Morgan fingerprint density at radius 3 is 2.93 bits per heavy atom. The molecule has 0 spiro atoms. The summed E-state index contributed by atoms with van der Waals surface area (Å²) in [4.78, 5) is 16.2. The lowest BCUT2D eigenvalue weighted by Crippen LogP contribution is -2.33. The molecule has 1 atom stereocenters. The molecular formula is C9H15N3OS. The van der Waals surface area contributed by atoms with Gasteiger partial charge in [-0.3, -0.25) is 4.79 Å². The Bertz CT molecular complexity index is 311. The Balaban J connectivity index is 2.78. The molecule has 1 rings (SSSR count). The Morgan fingerprint density at radius 2 is 2.50 bits per heavy atom. The standard InChI is InChI=1S/C9H15N3OS/c1-3-4-11-7(9(10)13)8-6(2)12-5-14-8/h5,7,11H,3-4H2,1-2H3,(H2,10,13). The van der Waals surface area contributed by atoms with Gasteiger partial charge in [0.1, 0.15) is 6.04 Å². The predicted molar refractivity (Wildman–Crippen MR) is 57.1 cm³/mol. The number of carbonyl (C=O) groups is 1. The highest BCUT2D eigenvalue weighted by Gasteiger charge is 2.20. The fraction of sp³-hybridized carbons (Fsp3) is 0.556. The van der Waals surface area contributed by atoms with E-state index in [0.29, 0.717) is 0 Å². The van der Waals surface area contributed by atoms with Crippen molar-refractivity contribution >= 4 is 17.2 Å². The van der Waals surface area contributed by atoms with Crippen molar-refractivity contribution < 1.29 is 4.79 Å². The van der Waals surface area contributed by atoms with Crippen LogP contribution in [0.5, 0.6) is 0 Å². The maximum absolute atomic E-state index is 11.2. The third-order valence-electron chi connectivity index (χ3n) is 1.93. The van der Waals surface area contributed by atoms with Gasteiger partial charge >= 0.3 is 0 Å². The first-order valence-corrected chi connectivity index (χ1v) is 5.47. The molecule has 0 aromatic carbocycles. The summed E-state index contributed by atoms with van der Waals surface area (Å²) in [6, 6.07) is -0.387. The summed E-state index contributed by atoms with van der Waals surface area (Å²) in [6.45, 7) is 4.71. The molecule has 1 aromatic rings. The zero-order chi connectivity index (χ0) is 10.6. The van der Waals surface area contributed by atoms with Crippen molar-refractivity contribution in [1.29, 1.82) is 0 Å². The Labute approximate surface area is 87.5 Å². The van der Waals surface area contributed by atoms with Crippen molar-refractivity contribution in [3.63, 3.8) is 0 Å². The van der Waals surface area contributed by atoms with E-state index in [1.54, 1.807) is 5.51 Å². The molecule has 0 saturated heterocycles. The van der Waals surface area contributed by atoms with Gasteiger partial charge in [0, 0.05) is 0 Å². The number of aryl methyl sites for hydroxylation is 1. The van der Waals surface area contributed by atoms with Crippen LogP contribution in [0.1, 0.15) is 30.0 Å². The molecule has 14 heavy (non-hydrogen) atoms. The molecule has 0 aliphatic carbocycles. The summed E-state index contributed by atoms with van der Waals surface area (Å²) in [5.41, 5.74) is 7.92. The van der Waals surface area contributed by atoms with E-state index in [4.69, 9.17) is 5.73 Å². The van der Waals surface area contributed by atoms with Gasteiger partial charge < -0.3 is 11.1 Å². The lowest BCUT2D eigenvalue weighted by molar-refractivity contribution is -0.120. The van der Waals surface area contributed by atoms with Crippen LogP contribution in [0.3, 0.4) is 0 Å². The van der Waals surface area contributed by atoms with E-state index in [1.807, 2.05) is 13.8 Å². The number of nitrogens with two attached hydrogens (primary N) is 1. The van der Waals surface area contributed by atoms with E-state index in [9.17, 15) is 4.79 Å². The van der Waals surface area contributed by atoms with Gasteiger partial charge in [-0.2, -0.15) is 0 Å². The molecule has 1 unspecified atom stereocenters. The Kier molecular flexibility index (Phi) is 4.03. The topological polar surface area (TPSA) is 68.0 Å². The highest BCUT2D eigenvalue weighted by atomic mass is 32.1. The molecule has 0 aliphatic heterocycles. The van der Waals surface area contributed by atoms with Gasteiger partial charge in [-0.1, -0.05) is 6.92 Å². The molecule has 4 nitrogen and oxygen atoms in total. The second kappa shape index (κ2) is 5.07. The monoisotopic (exact) mass is 213 g/mol. The van der Waals surface area contributed by atoms with E-state index < -0.39 is 0 Å². The van der Waals surface area contributed by atoms with Crippen molar-refractivity contribution in [2.24, 2.45) is 5.73 Å². The van der Waals surface area contributed by atoms with Gasteiger partial charge in [-0.25, -0.2) is 4.98 Å². The maximum atomic E-state index is 11.2. The van der Waals surface area contributed by atoms with Crippen molar-refractivity contribution in [1.82, 2.24) is 10.3 Å². The summed E-state index contributed by atoms with van der Waals surface area (Å²) < 4.78 is 0. The maximum Gasteiger partial charge on any atom is 0.240 e. The third kappa shape index (κ3) is 2.52. The van der Waals surface area contributed by atoms with Crippen LogP contribution in [0.2, 0.25) is 0 Å². The van der Waals surface area contributed by atoms with Crippen LogP contribution < -0.4 is 11.1 Å². The molecular weight excluding hydrogens is 198 g/mol. The lowest BCUT2D eigenvalue weighted by atomic mass is 10.2. The number of aromatic nitrogens is 1. The second-order valence-corrected chi connectivity index (χ2v) is 3.98. The van der Waals surface area contributed by atoms with Crippen LogP contribution in [0.4, 0.5) is 0 Å². The minimum Gasteiger partial charge on any atom is -0.368 e.